The molecule has 1 fully saturated rings. The number of amides is 1. The van der Waals surface area contributed by atoms with Crippen LogP contribution in [0.1, 0.15) is 18.4 Å². The number of anilines is 1. The van der Waals surface area contributed by atoms with Crippen molar-refractivity contribution in [3.05, 3.63) is 29.8 Å². The van der Waals surface area contributed by atoms with Crippen LogP contribution >= 0.6 is 0 Å². The Bertz CT molecular complexity index is 428. The van der Waals surface area contributed by atoms with E-state index in [1.54, 1.807) is 0 Å². The molecule has 0 saturated carbocycles. The van der Waals surface area contributed by atoms with Crippen LogP contribution in [0.25, 0.3) is 0 Å². The summed E-state index contributed by atoms with van der Waals surface area (Å²) in [4.78, 5) is 12.3. The molecular weight excluding hydrogens is 242 g/mol. The first-order valence-corrected chi connectivity index (χ1v) is 6.69. The lowest BCUT2D eigenvalue weighted by Crippen LogP contribution is -2.39. The molecule has 1 saturated heterocycles. The van der Waals surface area contributed by atoms with E-state index >= 15 is 0 Å². The summed E-state index contributed by atoms with van der Waals surface area (Å²) in [5, 5.41) is 12.3. The third-order valence-electron chi connectivity index (χ3n) is 3.69. The maximum Gasteiger partial charge on any atom is 0.407 e. The number of piperidine rings is 1. The monoisotopic (exact) mass is 263 g/mol. The number of hydrogen-bond acceptors (Lipinski definition) is 3. The van der Waals surface area contributed by atoms with E-state index in [0.717, 1.165) is 37.2 Å². The number of nitrogen functional groups attached to an aromatic ring is 1. The molecule has 2 rings (SSSR count). The van der Waals surface area contributed by atoms with Crippen LogP contribution in [0.5, 0.6) is 0 Å². The van der Waals surface area contributed by atoms with E-state index < -0.39 is 6.09 Å². The zero-order valence-corrected chi connectivity index (χ0v) is 11.0. The van der Waals surface area contributed by atoms with Gasteiger partial charge in [0.25, 0.3) is 0 Å². The molecule has 1 heterocycles. The first-order chi connectivity index (χ1) is 9.16. The lowest BCUT2D eigenvalue weighted by atomic mass is 9.97. The van der Waals surface area contributed by atoms with Crippen molar-refractivity contribution in [2.24, 2.45) is 5.92 Å². The molecule has 1 aliphatic heterocycles. The Morgan fingerprint density at radius 2 is 2.05 bits per heavy atom. The largest absolute Gasteiger partial charge is 0.465 e. The van der Waals surface area contributed by atoms with E-state index in [1.807, 2.05) is 24.3 Å². The van der Waals surface area contributed by atoms with Crippen molar-refractivity contribution in [1.29, 1.82) is 0 Å². The molecule has 1 aliphatic rings. The Labute approximate surface area is 113 Å². The number of hydrogen-bond donors (Lipinski definition) is 3. The van der Waals surface area contributed by atoms with Gasteiger partial charge in [-0.25, -0.2) is 4.79 Å². The molecule has 1 amide bonds. The van der Waals surface area contributed by atoms with Crippen LogP contribution in [0.2, 0.25) is 0 Å². The molecule has 19 heavy (non-hydrogen) atoms. The Morgan fingerprint density at radius 1 is 1.37 bits per heavy atom. The second kappa shape index (κ2) is 6.43. The van der Waals surface area contributed by atoms with Crippen LogP contribution in [0, 0.1) is 5.92 Å². The van der Waals surface area contributed by atoms with Crippen molar-refractivity contribution in [3.63, 3.8) is 0 Å². The molecule has 0 bridgehead atoms. The average molecular weight is 263 g/mol. The highest BCUT2D eigenvalue weighted by Crippen LogP contribution is 2.17. The number of carboxylic acid groups (broad SMARTS) is 1. The second-order valence-corrected chi connectivity index (χ2v) is 5.04. The minimum Gasteiger partial charge on any atom is -0.465 e. The van der Waals surface area contributed by atoms with Gasteiger partial charge >= 0.3 is 6.09 Å². The quantitative estimate of drug-likeness (QED) is 0.723. The summed E-state index contributed by atoms with van der Waals surface area (Å²) >= 11 is 0. The third kappa shape index (κ3) is 3.86. The zero-order chi connectivity index (χ0) is 13.7. The Hall–Kier alpha value is -1.75. The van der Waals surface area contributed by atoms with E-state index in [2.05, 4.69) is 5.32 Å². The van der Waals surface area contributed by atoms with E-state index in [9.17, 15) is 4.79 Å². The predicted octanol–water partition coefficient (Wildman–Crippen LogP) is 1.75. The molecule has 0 aliphatic carbocycles. The number of para-hydroxylation sites is 1. The number of rotatable bonds is 4. The average Bonchev–Trinajstić information content (AvgIpc) is 2.41. The van der Waals surface area contributed by atoms with E-state index in [4.69, 9.17) is 10.8 Å². The summed E-state index contributed by atoms with van der Waals surface area (Å²) in [6.07, 6.45) is 1.07. The summed E-state index contributed by atoms with van der Waals surface area (Å²) < 4.78 is 0. The highest BCUT2D eigenvalue weighted by Gasteiger charge is 2.21. The van der Waals surface area contributed by atoms with Gasteiger partial charge in [0.05, 0.1) is 0 Å². The maximum absolute atomic E-state index is 10.8. The Morgan fingerprint density at radius 3 is 2.68 bits per heavy atom. The molecule has 0 aromatic heterocycles. The molecule has 1 aromatic rings. The van der Waals surface area contributed by atoms with Crippen molar-refractivity contribution >= 4 is 11.8 Å². The van der Waals surface area contributed by atoms with Gasteiger partial charge in [0, 0.05) is 25.3 Å². The first kappa shape index (κ1) is 13.7. The van der Waals surface area contributed by atoms with Gasteiger partial charge in [-0.15, -0.1) is 0 Å². The highest BCUT2D eigenvalue weighted by atomic mass is 16.4. The topological polar surface area (TPSA) is 78.6 Å². The molecule has 5 heteroatoms. The summed E-state index contributed by atoms with van der Waals surface area (Å²) in [5.74, 6) is 0.556. The highest BCUT2D eigenvalue weighted by molar-refractivity contribution is 5.64. The molecule has 0 unspecified atom stereocenters. The van der Waals surface area contributed by atoms with E-state index in [0.29, 0.717) is 19.0 Å². The normalized spacial score (nSPS) is 16.5. The molecule has 0 radical (unpaired) electrons. The predicted molar refractivity (Wildman–Crippen MR) is 74.9 cm³/mol. The summed E-state index contributed by atoms with van der Waals surface area (Å²) in [7, 11) is 0. The fourth-order valence-electron chi connectivity index (χ4n) is 2.43. The Balaban J connectivity index is 1.70. The molecule has 1 aromatic carbocycles. The van der Waals surface area contributed by atoms with Gasteiger partial charge in [0.1, 0.15) is 0 Å². The van der Waals surface area contributed by atoms with Crippen molar-refractivity contribution in [2.75, 3.05) is 25.4 Å². The van der Waals surface area contributed by atoms with Gasteiger partial charge in [0.15, 0.2) is 0 Å². The van der Waals surface area contributed by atoms with Crippen molar-refractivity contribution in [3.8, 4) is 0 Å². The van der Waals surface area contributed by atoms with E-state index in [1.165, 1.54) is 4.90 Å². The minimum atomic E-state index is -0.802. The number of carbonyl (C=O) groups is 1. The van der Waals surface area contributed by atoms with Gasteiger partial charge in [-0.2, -0.15) is 0 Å². The third-order valence-corrected chi connectivity index (χ3v) is 3.69. The fraction of sp³-hybridized carbons (Fsp3) is 0.500. The maximum atomic E-state index is 10.8. The van der Waals surface area contributed by atoms with Crippen LogP contribution < -0.4 is 11.1 Å². The van der Waals surface area contributed by atoms with Crippen molar-refractivity contribution in [2.45, 2.75) is 19.4 Å². The second-order valence-electron chi connectivity index (χ2n) is 5.04. The van der Waals surface area contributed by atoms with Gasteiger partial charge in [-0.05, 0) is 36.9 Å². The van der Waals surface area contributed by atoms with Gasteiger partial charge in [-0.3, -0.25) is 0 Å². The van der Waals surface area contributed by atoms with E-state index in [-0.39, 0.29) is 0 Å². The fourth-order valence-corrected chi connectivity index (χ4v) is 2.43. The minimum absolute atomic E-state index is 0.556. The number of benzene rings is 1. The first-order valence-electron chi connectivity index (χ1n) is 6.69. The van der Waals surface area contributed by atoms with Crippen molar-refractivity contribution < 1.29 is 9.90 Å². The van der Waals surface area contributed by atoms with Gasteiger partial charge < -0.3 is 21.1 Å². The SMILES string of the molecule is Nc1ccccc1CNCC1CCN(C(=O)O)CC1. The number of nitrogens with two attached hydrogens (primary N) is 1. The molecule has 0 spiro atoms. The molecule has 104 valence electrons. The summed E-state index contributed by atoms with van der Waals surface area (Å²) in [6, 6.07) is 7.84. The number of nitrogens with one attached hydrogen (secondary N) is 1. The smallest absolute Gasteiger partial charge is 0.407 e. The van der Waals surface area contributed by atoms with Gasteiger partial charge in [0.2, 0.25) is 0 Å². The molecule has 0 atom stereocenters. The zero-order valence-electron chi connectivity index (χ0n) is 11.0. The van der Waals surface area contributed by atoms with Crippen molar-refractivity contribution in [1.82, 2.24) is 10.2 Å². The lowest BCUT2D eigenvalue weighted by molar-refractivity contribution is 0.124. The lowest BCUT2D eigenvalue weighted by Gasteiger charge is -2.30. The van der Waals surface area contributed by atoms with Crippen LogP contribution in [-0.2, 0) is 6.54 Å². The number of likely N-dealkylation sites (tertiary alicyclic amines) is 1. The summed E-state index contributed by atoms with van der Waals surface area (Å²) in [5.41, 5.74) is 7.81. The molecule has 5 nitrogen and oxygen atoms in total. The Kier molecular flexibility index (Phi) is 4.63. The molecular formula is C14H21N3O2. The summed E-state index contributed by atoms with van der Waals surface area (Å²) in [6.45, 7) is 2.98. The van der Waals surface area contributed by atoms with Gasteiger partial charge in [-0.1, -0.05) is 18.2 Å². The van der Waals surface area contributed by atoms with Crippen LogP contribution in [-0.4, -0.2) is 35.7 Å². The standard InChI is InChI=1S/C14H21N3O2/c15-13-4-2-1-3-12(13)10-16-9-11-5-7-17(8-6-11)14(18)19/h1-4,11,16H,5-10,15H2,(H,18,19). The van der Waals surface area contributed by atoms with Crippen LogP contribution in [0.15, 0.2) is 24.3 Å². The number of nitrogens with zero attached hydrogens (tertiary/aromatic N) is 1. The van der Waals surface area contributed by atoms with Crippen LogP contribution in [0.4, 0.5) is 10.5 Å². The van der Waals surface area contributed by atoms with Crippen LogP contribution in [0.3, 0.4) is 0 Å². The molecule has 4 N–H and O–H groups in total.